The number of rotatable bonds is 8. The summed E-state index contributed by atoms with van der Waals surface area (Å²) in [4.78, 5) is 26.6. The second kappa shape index (κ2) is 10.5. The fourth-order valence-electron chi connectivity index (χ4n) is 2.96. The normalized spacial score (nSPS) is 13.6. The van der Waals surface area contributed by atoms with Crippen molar-refractivity contribution < 1.29 is 19.1 Å². The van der Waals surface area contributed by atoms with E-state index in [1.165, 1.54) is 0 Å². The summed E-state index contributed by atoms with van der Waals surface area (Å²) < 4.78 is 10.8. The number of nitrogens with one attached hydrogen (secondary N) is 2. The number of amides is 2. The average molecular weight is 397 g/mol. The lowest BCUT2D eigenvalue weighted by molar-refractivity contribution is -0.114. The maximum absolute atomic E-state index is 12.6. The van der Waals surface area contributed by atoms with Gasteiger partial charge in [0.15, 0.2) is 0 Å². The summed E-state index contributed by atoms with van der Waals surface area (Å²) in [6.07, 6.45) is 0.958. The van der Waals surface area contributed by atoms with Gasteiger partial charge in [-0.3, -0.25) is 9.59 Å². The number of ether oxygens (including phenoxy) is 2. The number of carbonyl (C=O) groups excluding carboxylic acids is 2. The second-order valence-corrected chi connectivity index (χ2v) is 6.76. The van der Waals surface area contributed by atoms with Crippen LogP contribution in [0.4, 0.5) is 11.4 Å². The van der Waals surface area contributed by atoms with Crippen molar-refractivity contribution in [2.24, 2.45) is 0 Å². The SMILES string of the molecule is CCCOc1ccc(NCC(=O)Nc2cccc(C(=O)N3CCOCC3)c2)cc1. The first-order valence-corrected chi connectivity index (χ1v) is 9.89. The van der Waals surface area contributed by atoms with Gasteiger partial charge >= 0.3 is 0 Å². The highest BCUT2D eigenvalue weighted by Gasteiger charge is 2.18. The van der Waals surface area contributed by atoms with Gasteiger partial charge in [0.05, 0.1) is 26.4 Å². The van der Waals surface area contributed by atoms with Crippen LogP contribution in [0.15, 0.2) is 48.5 Å². The number of anilines is 2. The van der Waals surface area contributed by atoms with Crippen molar-refractivity contribution in [1.82, 2.24) is 4.90 Å². The van der Waals surface area contributed by atoms with E-state index in [0.717, 1.165) is 17.9 Å². The Morgan fingerprint density at radius 2 is 1.83 bits per heavy atom. The van der Waals surface area contributed by atoms with E-state index in [0.29, 0.717) is 44.2 Å². The fraction of sp³-hybridized carbons (Fsp3) is 0.364. The molecule has 1 aliphatic rings. The van der Waals surface area contributed by atoms with E-state index >= 15 is 0 Å². The van der Waals surface area contributed by atoms with Crippen LogP contribution in [0.1, 0.15) is 23.7 Å². The van der Waals surface area contributed by atoms with Crippen LogP contribution in [0.25, 0.3) is 0 Å². The van der Waals surface area contributed by atoms with Crippen LogP contribution in [0, 0.1) is 0 Å². The number of benzene rings is 2. The minimum Gasteiger partial charge on any atom is -0.494 e. The Bertz CT molecular complexity index is 817. The predicted molar refractivity (Wildman–Crippen MR) is 113 cm³/mol. The van der Waals surface area contributed by atoms with Crippen molar-refractivity contribution in [3.05, 3.63) is 54.1 Å². The van der Waals surface area contributed by atoms with Gasteiger partial charge in [0, 0.05) is 30.0 Å². The molecule has 2 N–H and O–H groups in total. The van der Waals surface area contributed by atoms with E-state index in [-0.39, 0.29) is 18.4 Å². The number of hydrogen-bond acceptors (Lipinski definition) is 5. The molecule has 0 bridgehead atoms. The van der Waals surface area contributed by atoms with E-state index in [2.05, 4.69) is 17.6 Å². The molecule has 1 saturated heterocycles. The Kier molecular flexibility index (Phi) is 7.47. The molecule has 2 aromatic rings. The standard InChI is InChI=1S/C22H27N3O4/c1-2-12-29-20-8-6-18(7-9-20)23-16-21(26)24-19-5-3-4-17(15-19)22(27)25-10-13-28-14-11-25/h3-9,15,23H,2,10-14,16H2,1H3,(H,24,26). The van der Waals surface area contributed by atoms with Crippen LogP contribution >= 0.6 is 0 Å². The van der Waals surface area contributed by atoms with Crippen LogP contribution < -0.4 is 15.4 Å². The number of nitrogens with zero attached hydrogens (tertiary/aromatic N) is 1. The third kappa shape index (κ3) is 6.22. The van der Waals surface area contributed by atoms with Gasteiger partial charge < -0.3 is 25.0 Å². The molecule has 3 rings (SSSR count). The highest BCUT2D eigenvalue weighted by Crippen LogP contribution is 2.16. The maximum Gasteiger partial charge on any atom is 0.254 e. The van der Waals surface area contributed by atoms with Gasteiger partial charge in [0.2, 0.25) is 5.91 Å². The van der Waals surface area contributed by atoms with Gasteiger partial charge in [0.25, 0.3) is 5.91 Å². The molecule has 1 fully saturated rings. The van der Waals surface area contributed by atoms with E-state index in [1.54, 1.807) is 29.2 Å². The monoisotopic (exact) mass is 397 g/mol. The third-order valence-corrected chi connectivity index (χ3v) is 4.47. The first-order chi connectivity index (χ1) is 14.2. The summed E-state index contributed by atoms with van der Waals surface area (Å²) in [5, 5.41) is 5.91. The van der Waals surface area contributed by atoms with Crippen molar-refractivity contribution in [3.63, 3.8) is 0 Å². The number of carbonyl (C=O) groups is 2. The molecule has 2 amide bonds. The maximum atomic E-state index is 12.6. The molecule has 0 aromatic heterocycles. The van der Waals surface area contributed by atoms with Crippen LogP contribution in [0.5, 0.6) is 5.75 Å². The van der Waals surface area contributed by atoms with Crippen molar-refractivity contribution in [2.75, 3.05) is 50.1 Å². The zero-order chi connectivity index (χ0) is 20.5. The zero-order valence-electron chi connectivity index (χ0n) is 16.6. The molecule has 7 nitrogen and oxygen atoms in total. The molecule has 0 unspecified atom stereocenters. The summed E-state index contributed by atoms with van der Waals surface area (Å²) in [5.74, 6) is 0.573. The molecule has 0 saturated carbocycles. The number of morpholine rings is 1. The average Bonchev–Trinajstić information content (AvgIpc) is 2.77. The molecular weight excluding hydrogens is 370 g/mol. The van der Waals surface area contributed by atoms with Crippen LogP contribution in [-0.4, -0.2) is 56.2 Å². The Balaban J connectivity index is 1.50. The Labute approximate surface area is 171 Å². The van der Waals surface area contributed by atoms with Gasteiger partial charge in [-0.2, -0.15) is 0 Å². The predicted octanol–water partition coefficient (Wildman–Crippen LogP) is 3.00. The highest BCUT2D eigenvalue weighted by molar-refractivity contribution is 5.98. The summed E-state index contributed by atoms with van der Waals surface area (Å²) in [5.41, 5.74) is 1.99. The van der Waals surface area contributed by atoms with Gasteiger partial charge in [-0.25, -0.2) is 0 Å². The van der Waals surface area contributed by atoms with Gasteiger partial charge in [-0.05, 0) is 48.9 Å². The lowest BCUT2D eigenvalue weighted by atomic mass is 10.1. The molecule has 0 radical (unpaired) electrons. The van der Waals surface area contributed by atoms with E-state index < -0.39 is 0 Å². The van der Waals surface area contributed by atoms with E-state index in [1.807, 2.05) is 24.3 Å². The van der Waals surface area contributed by atoms with Gasteiger partial charge in [-0.15, -0.1) is 0 Å². The van der Waals surface area contributed by atoms with E-state index in [9.17, 15) is 9.59 Å². The first-order valence-electron chi connectivity index (χ1n) is 9.89. The molecule has 0 atom stereocenters. The van der Waals surface area contributed by atoms with E-state index in [4.69, 9.17) is 9.47 Å². The lowest BCUT2D eigenvalue weighted by Gasteiger charge is -2.27. The van der Waals surface area contributed by atoms with Crippen LogP contribution in [0.3, 0.4) is 0 Å². The van der Waals surface area contributed by atoms with Crippen molar-refractivity contribution >= 4 is 23.2 Å². The summed E-state index contributed by atoms with van der Waals surface area (Å²) in [6.45, 7) is 5.14. The quantitative estimate of drug-likeness (QED) is 0.716. The van der Waals surface area contributed by atoms with Crippen LogP contribution in [0.2, 0.25) is 0 Å². The summed E-state index contributed by atoms with van der Waals surface area (Å²) in [7, 11) is 0. The van der Waals surface area contributed by atoms with Gasteiger partial charge in [0.1, 0.15) is 5.75 Å². The topological polar surface area (TPSA) is 79.9 Å². The molecule has 0 spiro atoms. The highest BCUT2D eigenvalue weighted by atomic mass is 16.5. The molecular formula is C22H27N3O4. The largest absolute Gasteiger partial charge is 0.494 e. The smallest absolute Gasteiger partial charge is 0.254 e. The second-order valence-electron chi connectivity index (χ2n) is 6.76. The molecule has 2 aromatic carbocycles. The number of hydrogen-bond donors (Lipinski definition) is 2. The lowest BCUT2D eigenvalue weighted by Crippen LogP contribution is -2.40. The third-order valence-electron chi connectivity index (χ3n) is 4.47. The van der Waals surface area contributed by atoms with Crippen molar-refractivity contribution in [2.45, 2.75) is 13.3 Å². The Morgan fingerprint density at radius 3 is 2.55 bits per heavy atom. The molecule has 1 heterocycles. The molecule has 154 valence electrons. The summed E-state index contributed by atoms with van der Waals surface area (Å²) >= 11 is 0. The van der Waals surface area contributed by atoms with Gasteiger partial charge in [-0.1, -0.05) is 13.0 Å². The first kappa shape index (κ1) is 20.7. The molecule has 1 aliphatic heterocycles. The van der Waals surface area contributed by atoms with Crippen molar-refractivity contribution in [3.8, 4) is 5.75 Å². The zero-order valence-corrected chi connectivity index (χ0v) is 16.6. The Morgan fingerprint density at radius 1 is 1.07 bits per heavy atom. The minimum atomic E-state index is -0.188. The molecule has 7 heteroatoms. The van der Waals surface area contributed by atoms with Crippen LogP contribution in [-0.2, 0) is 9.53 Å². The fourth-order valence-corrected chi connectivity index (χ4v) is 2.96. The minimum absolute atomic E-state index is 0.0482. The Hall–Kier alpha value is -3.06. The van der Waals surface area contributed by atoms with Crippen molar-refractivity contribution in [1.29, 1.82) is 0 Å². The molecule has 29 heavy (non-hydrogen) atoms. The summed E-state index contributed by atoms with van der Waals surface area (Å²) in [6, 6.07) is 14.5. The molecule has 0 aliphatic carbocycles.